The van der Waals surface area contributed by atoms with Crippen molar-refractivity contribution in [2.24, 2.45) is 5.92 Å². The van der Waals surface area contributed by atoms with Gasteiger partial charge in [-0.1, -0.05) is 49.4 Å². The Labute approximate surface area is 167 Å². The lowest BCUT2D eigenvalue weighted by molar-refractivity contribution is -0.126. The molecule has 5 nitrogen and oxygen atoms in total. The minimum Gasteiger partial charge on any atom is -0.349 e. The van der Waals surface area contributed by atoms with E-state index in [9.17, 15) is 13.2 Å². The molecule has 2 aromatic rings. The maximum Gasteiger partial charge on any atom is 0.243 e. The van der Waals surface area contributed by atoms with Gasteiger partial charge in [0.05, 0.1) is 16.9 Å². The first-order valence-electron chi connectivity index (χ1n) is 9.84. The zero-order valence-corrected chi connectivity index (χ0v) is 17.3. The highest BCUT2D eigenvalue weighted by Gasteiger charge is 2.33. The lowest BCUT2D eigenvalue weighted by atomic mass is 9.95. The van der Waals surface area contributed by atoms with Gasteiger partial charge in [0.1, 0.15) is 0 Å². The summed E-state index contributed by atoms with van der Waals surface area (Å²) in [6, 6.07) is 16.4. The molecule has 1 aliphatic rings. The SMILES string of the molecule is CC[C@H](NC(=O)[C@H]1CCCN(S(=O)(=O)c2ccccc2)C1)c1ccccc1C. The van der Waals surface area contributed by atoms with Gasteiger partial charge in [0.25, 0.3) is 0 Å². The van der Waals surface area contributed by atoms with Crippen LogP contribution in [0.25, 0.3) is 0 Å². The summed E-state index contributed by atoms with van der Waals surface area (Å²) in [5, 5.41) is 3.14. The smallest absolute Gasteiger partial charge is 0.243 e. The fourth-order valence-corrected chi connectivity index (χ4v) is 5.33. The molecule has 6 heteroatoms. The Morgan fingerprint density at radius 3 is 2.50 bits per heavy atom. The summed E-state index contributed by atoms with van der Waals surface area (Å²) in [5.41, 5.74) is 2.26. The van der Waals surface area contributed by atoms with Gasteiger partial charge in [0.2, 0.25) is 15.9 Å². The van der Waals surface area contributed by atoms with E-state index in [2.05, 4.69) is 5.32 Å². The fraction of sp³-hybridized carbons (Fsp3) is 0.409. The van der Waals surface area contributed by atoms with Gasteiger partial charge < -0.3 is 5.32 Å². The number of nitrogens with zero attached hydrogens (tertiary/aromatic N) is 1. The van der Waals surface area contributed by atoms with Crippen molar-refractivity contribution in [1.82, 2.24) is 9.62 Å². The van der Waals surface area contributed by atoms with Crippen LogP contribution in [0.3, 0.4) is 0 Å². The highest BCUT2D eigenvalue weighted by Crippen LogP contribution is 2.26. The van der Waals surface area contributed by atoms with E-state index in [-0.39, 0.29) is 29.3 Å². The third kappa shape index (κ3) is 4.45. The van der Waals surface area contributed by atoms with Crippen LogP contribution < -0.4 is 5.32 Å². The van der Waals surface area contributed by atoms with Crippen LogP contribution in [-0.4, -0.2) is 31.7 Å². The van der Waals surface area contributed by atoms with Gasteiger partial charge in [-0.3, -0.25) is 4.79 Å². The number of carbonyl (C=O) groups is 1. The minimum absolute atomic E-state index is 0.0604. The predicted octanol–water partition coefficient (Wildman–Crippen LogP) is 3.66. The van der Waals surface area contributed by atoms with E-state index in [1.54, 1.807) is 30.3 Å². The molecule has 0 spiro atoms. The number of aryl methyl sites for hydroxylation is 1. The van der Waals surface area contributed by atoms with Crippen LogP contribution in [0, 0.1) is 12.8 Å². The Hall–Kier alpha value is -2.18. The molecule has 28 heavy (non-hydrogen) atoms. The van der Waals surface area contributed by atoms with Crippen LogP contribution >= 0.6 is 0 Å². The monoisotopic (exact) mass is 400 g/mol. The number of sulfonamides is 1. The summed E-state index contributed by atoms with van der Waals surface area (Å²) in [4.78, 5) is 13.2. The molecule has 1 heterocycles. The zero-order valence-electron chi connectivity index (χ0n) is 16.5. The first-order chi connectivity index (χ1) is 13.4. The largest absolute Gasteiger partial charge is 0.349 e. The van der Waals surface area contributed by atoms with E-state index in [4.69, 9.17) is 0 Å². The number of hydrogen-bond acceptors (Lipinski definition) is 3. The summed E-state index contributed by atoms with van der Waals surface area (Å²) in [5.74, 6) is -0.395. The molecule has 150 valence electrons. The normalized spacial score (nSPS) is 19.1. The maximum absolute atomic E-state index is 12.9. The fourth-order valence-electron chi connectivity index (χ4n) is 3.78. The molecular formula is C22H28N2O3S. The van der Waals surface area contributed by atoms with Gasteiger partial charge in [-0.15, -0.1) is 0 Å². The van der Waals surface area contributed by atoms with Gasteiger partial charge in [-0.25, -0.2) is 8.42 Å². The molecule has 0 bridgehead atoms. The summed E-state index contributed by atoms with van der Waals surface area (Å²) in [7, 11) is -3.57. The van der Waals surface area contributed by atoms with Crippen LogP contribution in [0.5, 0.6) is 0 Å². The van der Waals surface area contributed by atoms with Crippen LogP contribution in [0.15, 0.2) is 59.5 Å². The first-order valence-corrected chi connectivity index (χ1v) is 11.3. The minimum atomic E-state index is -3.57. The number of piperidine rings is 1. The van der Waals surface area contributed by atoms with Crippen LogP contribution in [0.2, 0.25) is 0 Å². The van der Waals surface area contributed by atoms with E-state index in [1.807, 2.05) is 38.1 Å². The molecule has 0 aliphatic carbocycles. The van der Waals surface area contributed by atoms with E-state index >= 15 is 0 Å². The first kappa shape index (κ1) is 20.6. The lowest BCUT2D eigenvalue weighted by Crippen LogP contribution is -2.46. The Morgan fingerprint density at radius 1 is 1.14 bits per heavy atom. The van der Waals surface area contributed by atoms with Gasteiger partial charge in [0, 0.05) is 13.1 Å². The Kier molecular flexibility index (Phi) is 6.52. The number of nitrogens with one attached hydrogen (secondary N) is 1. The molecule has 1 fully saturated rings. The van der Waals surface area contributed by atoms with E-state index in [0.717, 1.165) is 17.5 Å². The van der Waals surface area contributed by atoms with Crippen molar-refractivity contribution in [3.63, 3.8) is 0 Å². The van der Waals surface area contributed by atoms with Crippen molar-refractivity contribution < 1.29 is 13.2 Å². The van der Waals surface area contributed by atoms with E-state index in [1.165, 1.54) is 4.31 Å². The number of hydrogen-bond donors (Lipinski definition) is 1. The van der Waals surface area contributed by atoms with Crippen LogP contribution in [0.1, 0.15) is 43.4 Å². The highest BCUT2D eigenvalue weighted by molar-refractivity contribution is 7.89. The van der Waals surface area contributed by atoms with Gasteiger partial charge >= 0.3 is 0 Å². The highest BCUT2D eigenvalue weighted by atomic mass is 32.2. The molecule has 1 saturated heterocycles. The molecule has 2 aromatic carbocycles. The molecule has 1 amide bonds. The van der Waals surface area contributed by atoms with Crippen LogP contribution in [-0.2, 0) is 14.8 Å². The van der Waals surface area contributed by atoms with Gasteiger partial charge in [0.15, 0.2) is 0 Å². The lowest BCUT2D eigenvalue weighted by Gasteiger charge is -2.32. The Balaban J connectivity index is 1.71. The number of carbonyl (C=O) groups excluding carboxylic acids is 1. The Morgan fingerprint density at radius 2 is 1.82 bits per heavy atom. The van der Waals surface area contributed by atoms with Gasteiger partial charge in [-0.2, -0.15) is 4.31 Å². The molecule has 0 aromatic heterocycles. The molecule has 1 aliphatic heterocycles. The third-order valence-corrected chi connectivity index (χ3v) is 7.30. The van der Waals surface area contributed by atoms with Crippen molar-refractivity contribution in [2.75, 3.05) is 13.1 Å². The van der Waals surface area contributed by atoms with E-state index in [0.29, 0.717) is 19.4 Å². The quantitative estimate of drug-likeness (QED) is 0.805. The number of amides is 1. The average Bonchev–Trinajstić information content (AvgIpc) is 2.73. The van der Waals surface area contributed by atoms with Crippen molar-refractivity contribution in [2.45, 2.75) is 44.0 Å². The second-order valence-electron chi connectivity index (χ2n) is 7.34. The number of rotatable bonds is 6. The molecule has 0 unspecified atom stereocenters. The zero-order chi connectivity index (χ0) is 20.1. The van der Waals surface area contributed by atoms with Gasteiger partial charge in [-0.05, 0) is 49.4 Å². The summed E-state index contributed by atoms with van der Waals surface area (Å²) in [6.07, 6.45) is 2.18. The summed E-state index contributed by atoms with van der Waals surface area (Å²) in [6.45, 7) is 4.77. The molecule has 1 N–H and O–H groups in total. The summed E-state index contributed by atoms with van der Waals surface area (Å²) < 4.78 is 27.2. The average molecular weight is 401 g/mol. The standard InChI is InChI=1S/C22H28N2O3S/c1-3-21(20-14-8-7-10-17(20)2)23-22(25)18-11-9-15-24(16-18)28(26,27)19-12-5-4-6-13-19/h4-8,10,12-14,18,21H,3,9,11,15-16H2,1-2H3,(H,23,25)/t18-,21-/m0/s1. The molecule has 3 rings (SSSR count). The molecule has 2 atom stereocenters. The van der Waals surface area contributed by atoms with E-state index < -0.39 is 10.0 Å². The molecular weight excluding hydrogens is 372 g/mol. The maximum atomic E-state index is 12.9. The molecule has 0 saturated carbocycles. The number of benzene rings is 2. The van der Waals surface area contributed by atoms with Crippen molar-refractivity contribution in [3.05, 3.63) is 65.7 Å². The third-order valence-electron chi connectivity index (χ3n) is 5.42. The molecule has 0 radical (unpaired) electrons. The van der Waals surface area contributed by atoms with Crippen molar-refractivity contribution >= 4 is 15.9 Å². The van der Waals surface area contributed by atoms with Crippen molar-refractivity contribution in [3.8, 4) is 0 Å². The Bertz CT molecular complexity index is 912. The summed E-state index contributed by atoms with van der Waals surface area (Å²) >= 11 is 0. The van der Waals surface area contributed by atoms with Crippen molar-refractivity contribution in [1.29, 1.82) is 0 Å². The predicted molar refractivity (Wildman–Crippen MR) is 110 cm³/mol. The second-order valence-corrected chi connectivity index (χ2v) is 9.28. The van der Waals surface area contributed by atoms with Crippen LogP contribution in [0.4, 0.5) is 0 Å². The topological polar surface area (TPSA) is 66.5 Å². The second kappa shape index (κ2) is 8.88.